The van der Waals surface area contributed by atoms with Gasteiger partial charge in [-0.1, -0.05) is 37.7 Å². The van der Waals surface area contributed by atoms with Crippen molar-refractivity contribution in [3.05, 3.63) is 30.2 Å². The normalized spacial score (nSPS) is 12.5. The van der Waals surface area contributed by atoms with Crippen molar-refractivity contribution in [3.63, 3.8) is 0 Å². The quantitative estimate of drug-likeness (QED) is 0.455. The average molecular weight is 337 g/mol. The lowest BCUT2D eigenvalue weighted by Gasteiger charge is -2.15. The molecule has 22 heavy (non-hydrogen) atoms. The number of nitrogens with zero attached hydrogens (tertiary/aromatic N) is 3. The second-order valence-corrected chi connectivity index (χ2v) is 12.7. The van der Waals surface area contributed by atoms with Crippen LogP contribution in [0.2, 0.25) is 25.7 Å². The van der Waals surface area contributed by atoms with Crippen molar-refractivity contribution in [2.45, 2.75) is 32.4 Å². The van der Waals surface area contributed by atoms with Crippen molar-refractivity contribution < 1.29 is 4.74 Å². The van der Waals surface area contributed by atoms with Gasteiger partial charge in [-0.2, -0.15) is 0 Å². The van der Waals surface area contributed by atoms with Gasteiger partial charge in [0.05, 0.1) is 11.9 Å². The van der Waals surface area contributed by atoms with E-state index in [0.717, 1.165) is 29.2 Å². The molecule has 2 aromatic heterocycles. The van der Waals surface area contributed by atoms with Gasteiger partial charge in [0.2, 0.25) is 0 Å². The van der Waals surface area contributed by atoms with E-state index >= 15 is 0 Å². The summed E-state index contributed by atoms with van der Waals surface area (Å²) in [6, 6.07) is 3.14. The van der Waals surface area contributed by atoms with Crippen LogP contribution in [0.4, 0.5) is 0 Å². The summed E-state index contributed by atoms with van der Waals surface area (Å²) in [5.74, 6) is 0.770. The molecule has 0 radical (unpaired) electrons. The van der Waals surface area contributed by atoms with Gasteiger partial charge in [0.25, 0.3) is 0 Å². The summed E-state index contributed by atoms with van der Waals surface area (Å²) in [6.07, 6.45) is 7.67. The van der Waals surface area contributed by atoms with E-state index in [1.807, 2.05) is 29.0 Å². The molecule has 0 unspecified atom stereocenters. The molecular weight excluding hydrogens is 312 g/mol. The van der Waals surface area contributed by atoms with E-state index in [2.05, 4.69) is 29.6 Å². The van der Waals surface area contributed by atoms with E-state index in [0.29, 0.717) is 6.73 Å². The second-order valence-electron chi connectivity index (χ2n) is 6.37. The molecule has 0 spiro atoms. The van der Waals surface area contributed by atoms with Crippen LogP contribution in [0.3, 0.4) is 0 Å². The van der Waals surface area contributed by atoms with Crippen LogP contribution >= 0.6 is 11.9 Å². The molecule has 2 aromatic rings. The first-order valence-electron chi connectivity index (χ1n) is 7.37. The van der Waals surface area contributed by atoms with E-state index in [1.165, 1.54) is 18.0 Å². The zero-order valence-corrected chi connectivity index (χ0v) is 15.3. The number of aromatic nitrogens is 3. The summed E-state index contributed by atoms with van der Waals surface area (Å²) in [4.78, 5) is 9.05. The van der Waals surface area contributed by atoms with Gasteiger partial charge in [0, 0.05) is 26.6 Å². The lowest BCUT2D eigenvalue weighted by atomic mass is 10.4. The third-order valence-electron chi connectivity index (χ3n) is 3.19. The van der Waals surface area contributed by atoms with Crippen molar-refractivity contribution in [2.24, 2.45) is 5.14 Å². The first-order valence-corrected chi connectivity index (χ1v) is 12.1. The fraction of sp³-hybridized carbons (Fsp3) is 0.467. The molecule has 0 bridgehead atoms. The lowest BCUT2D eigenvalue weighted by molar-refractivity contribution is 0.0899. The maximum absolute atomic E-state index is 5.77. The summed E-state index contributed by atoms with van der Waals surface area (Å²) in [5.41, 5.74) is 2.59. The molecule has 7 heteroatoms. The first kappa shape index (κ1) is 17.2. The predicted molar refractivity (Wildman–Crippen MR) is 97.3 cm³/mol. The van der Waals surface area contributed by atoms with Crippen LogP contribution in [-0.2, 0) is 11.5 Å². The Labute approximate surface area is 137 Å². The average Bonchev–Trinajstić information content (AvgIpc) is 2.85. The Hall–Kier alpha value is -1.15. The molecule has 0 saturated heterocycles. The molecule has 0 aromatic carbocycles. The highest BCUT2D eigenvalue weighted by Gasteiger charge is 2.12. The summed E-state index contributed by atoms with van der Waals surface area (Å²) in [6.45, 7) is 8.39. The lowest BCUT2D eigenvalue weighted by Crippen LogP contribution is -2.22. The molecule has 0 fully saturated rings. The minimum Gasteiger partial charge on any atom is -0.361 e. The molecule has 0 aliphatic rings. The second kappa shape index (κ2) is 7.91. The zero-order valence-electron chi connectivity index (χ0n) is 13.5. The smallest absolute Gasteiger partial charge is 0.160 e. The highest BCUT2D eigenvalue weighted by molar-refractivity contribution is 7.97. The van der Waals surface area contributed by atoms with Crippen LogP contribution in [0.5, 0.6) is 0 Å². The molecule has 5 nitrogen and oxygen atoms in total. The molecule has 0 amide bonds. The number of nitrogens with two attached hydrogens (primary N) is 1. The van der Waals surface area contributed by atoms with E-state index in [1.54, 1.807) is 6.20 Å². The third-order valence-corrected chi connectivity index (χ3v) is 5.28. The molecule has 120 valence electrons. The standard InChI is InChI=1S/C15H24N4OSSi/c1-22(2,3)10-8-20-12-19-7-6-14-15(19)17-11-13(18-14)5-4-9-21-16/h4-7,11H,8-10,12,16H2,1-3H3. The first-order chi connectivity index (χ1) is 10.5. The highest BCUT2D eigenvalue weighted by Crippen LogP contribution is 2.13. The fourth-order valence-corrected chi connectivity index (χ4v) is 2.89. The topological polar surface area (TPSA) is 66.0 Å². The summed E-state index contributed by atoms with van der Waals surface area (Å²) >= 11 is 1.29. The van der Waals surface area contributed by atoms with Crippen LogP contribution in [0.25, 0.3) is 17.2 Å². The molecule has 0 aliphatic heterocycles. The van der Waals surface area contributed by atoms with Gasteiger partial charge in [-0.15, -0.1) is 0 Å². The largest absolute Gasteiger partial charge is 0.361 e. The van der Waals surface area contributed by atoms with Crippen LogP contribution in [-0.4, -0.2) is 35.0 Å². The third kappa shape index (κ3) is 5.24. The highest BCUT2D eigenvalue weighted by atomic mass is 32.2. The van der Waals surface area contributed by atoms with E-state index in [4.69, 9.17) is 9.88 Å². The van der Waals surface area contributed by atoms with Crippen LogP contribution in [0.15, 0.2) is 24.5 Å². The monoisotopic (exact) mass is 336 g/mol. The Morgan fingerprint density at radius 3 is 2.95 bits per heavy atom. The molecule has 0 aliphatic carbocycles. The predicted octanol–water partition coefficient (Wildman–Crippen LogP) is 3.36. The molecule has 0 saturated carbocycles. The Morgan fingerprint density at radius 2 is 2.23 bits per heavy atom. The van der Waals surface area contributed by atoms with Crippen LogP contribution < -0.4 is 5.14 Å². The van der Waals surface area contributed by atoms with Gasteiger partial charge < -0.3 is 9.30 Å². The van der Waals surface area contributed by atoms with Crippen molar-refractivity contribution in [1.82, 2.24) is 14.5 Å². The Morgan fingerprint density at radius 1 is 1.41 bits per heavy atom. The Balaban J connectivity index is 1.98. The minimum atomic E-state index is -1.04. The van der Waals surface area contributed by atoms with Gasteiger partial charge >= 0.3 is 0 Å². The molecule has 2 rings (SSSR count). The van der Waals surface area contributed by atoms with Gasteiger partial charge in [-0.05, 0) is 18.2 Å². The van der Waals surface area contributed by atoms with Crippen LogP contribution in [0, 0.1) is 0 Å². The molecular formula is C15H24N4OSSi. The van der Waals surface area contributed by atoms with E-state index in [-0.39, 0.29) is 0 Å². The number of fused-ring (bicyclic) bond motifs is 1. The fourth-order valence-electron chi connectivity index (χ4n) is 1.93. The Kier molecular flexibility index (Phi) is 6.19. The number of rotatable bonds is 8. The Bertz CT molecular complexity index is 636. The van der Waals surface area contributed by atoms with Gasteiger partial charge in [0.15, 0.2) is 5.65 Å². The zero-order chi connectivity index (χ0) is 16.0. The summed E-state index contributed by atoms with van der Waals surface area (Å²) in [7, 11) is -1.04. The van der Waals surface area contributed by atoms with Crippen molar-refractivity contribution in [2.75, 3.05) is 12.4 Å². The van der Waals surface area contributed by atoms with Crippen LogP contribution in [0.1, 0.15) is 5.69 Å². The van der Waals surface area contributed by atoms with E-state index < -0.39 is 8.07 Å². The van der Waals surface area contributed by atoms with Gasteiger partial charge in [0.1, 0.15) is 12.2 Å². The van der Waals surface area contributed by atoms with Crippen molar-refractivity contribution in [3.8, 4) is 0 Å². The van der Waals surface area contributed by atoms with Crippen molar-refractivity contribution in [1.29, 1.82) is 0 Å². The molecule has 2 heterocycles. The van der Waals surface area contributed by atoms with Gasteiger partial charge in [-0.25, -0.2) is 9.97 Å². The summed E-state index contributed by atoms with van der Waals surface area (Å²) < 4.78 is 7.77. The van der Waals surface area contributed by atoms with Gasteiger partial charge in [-0.3, -0.25) is 5.14 Å². The molecule has 0 atom stereocenters. The molecule has 2 N–H and O–H groups in total. The summed E-state index contributed by atoms with van der Waals surface area (Å²) in [5, 5.41) is 5.39. The number of ether oxygens (including phenoxy) is 1. The van der Waals surface area contributed by atoms with Crippen molar-refractivity contribution >= 4 is 37.3 Å². The minimum absolute atomic E-state index is 0.529. The van der Waals surface area contributed by atoms with E-state index in [9.17, 15) is 0 Å². The maximum Gasteiger partial charge on any atom is 0.160 e. The number of hydrogen-bond acceptors (Lipinski definition) is 5. The SMILES string of the molecule is C[Si](C)(C)CCOCn1ccc2nc(C=CCSN)cnc21. The number of hydrogen-bond donors (Lipinski definition) is 1. The maximum atomic E-state index is 5.77.